The zero-order chi connectivity index (χ0) is 20.0. The van der Waals surface area contributed by atoms with E-state index in [2.05, 4.69) is 0 Å². The second-order valence-corrected chi connectivity index (χ2v) is 7.49. The number of ether oxygens (including phenoxy) is 2. The molecule has 0 fully saturated rings. The standard InChI is InChI=1S/C23H18ClFN2O2/c1-28-21-7-3-6-18-20-13-19(14-8-10-17(25)11-9-14)26-27(20)23(29-22(18)21)15-4-2-5-16(24)12-15/h2-12,20,23H,13H2,1H3/t20-,23-/m0/s1. The van der Waals surface area contributed by atoms with Crippen LogP contribution >= 0.6 is 11.6 Å². The smallest absolute Gasteiger partial charge is 0.214 e. The molecule has 0 bridgehead atoms. The number of benzene rings is 3. The van der Waals surface area contributed by atoms with Gasteiger partial charge in [-0.1, -0.05) is 48.0 Å². The van der Waals surface area contributed by atoms with E-state index in [1.165, 1.54) is 12.1 Å². The van der Waals surface area contributed by atoms with Crippen molar-refractivity contribution in [1.29, 1.82) is 0 Å². The molecule has 2 aliphatic rings. The lowest BCUT2D eigenvalue weighted by atomic mass is 9.95. The zero-order valence-corrected chi connectivity index (χ0v) is 16.4. The van der Waals surface area contributed by atoms with Gasteiger partial charge in [-0.25, -0.2) is 9.40 Å². The summed E-state index contributed by atoms with van der Waals surface area (Å²) < 4.78 is 25.3. The van der Waals surface area contributed by atoms with E-state index < -0.39 is 6.23 Å². The second-order valence-electron chi connectivity index (χ2n) is 7.06. The van der Waals surface area contributed by atoms with E-state index >= 15 is 0 Å². The van der Waals surface area contributed by atoms with Crippen molar-refractivity contribution < 1.29 is 13.9 Å². The van der Waals surface area contributed by atoms with Crippen molar-refractivity contribution in [3.8, 4) is 11.5 Å². The Morgan fingerprint density at radius 3 is 2.66 bits per heavy atom. The number of fused-ring (bicyclic) bond motifs is 3. The summed E-state index contributed by atoms with van der Waals surface area (Å²) in [6, 6.07) is 19.9. The quantitative estimate of drug-likeness (QED) is 0.555. The first-order valence-corrected chi connectivity index (χ1v) is 9.72. The molecule has 2 heterocycles. The van der Waals surface area contributed by atoms with E-state index in [4.69, 9.17) is 26.2 Å². The van der Waals surface area contributed by atoms with Gasteiger partial charge in [-0.15, -0.1) is 0 Å². The molecule has 0 saturated carbocycles. The van der Waals surface area contributed by atoms with Gasteiger partial charge in [0.15, 0.2) is 11.5 Å². The molecular weight excluding hydrogens is 391 g/mol. The predicted octanol–water partition coefficient (Wildman–Crippen LogP) is 5.73. The van der Waals surface area contributed by atoms with Crippen molar-refractivity contribution in [3.05, 3.63) is 94.3 Å². The number of hydrogen-bond donors (Lipinski definition) is 0. The zero-order valence-electron chi connectivity index (χ0n) is 15.7. The minimum Gasteiger partial charge on any atom is -0.493 e. The van der Waals surface area contributed by atoms with E-state index in [-0.39, 0.29) is 11.9 Å². The topological polar surface area (TPSA) is 34.1 Å². The van der Waals surface area contributed by atoms with Crippen molar-refractivity contribution in [2.24, 2.45) is 5.10 Å². The minimum atomic E-state index is -0.444. The number of hydrazone groups is 1. The maximum absolute atomic E-state index is 13.4. The normalized spacial score (nSPS) is 19.8. The highest BCUT2D eigenvalue weighted by Crippen LogP contribution is 2.50. The molecule has 3 aromatic rings. The van der Waals surface area contributed by atoms with Gasteiger partial charge in [-0.2, -0.15) is 5.10 Å². The molecule has 3 aromatic carbocycles. The van der Waals surface area contributed by atoms with Gasteiger partial charge < -0.3 is 9.47 Å². The van der Waals surface area contributed by atoms with Crippen molar-refractivity contribution in [3.63, 3.8) is 0 Å². The van der Waals surface area contributed by atoms with Gasteiger partial charge in [0.25, 0.3) is 0 Å². The van der Waals surface area contributed by atoms with Crippen LogP contribution in [-0.4, -0.2) is 17.8 Å². The fourth-order valence-corrected chi connectivity index (χ4v) is 4.14. The Labute approximate surface area is 173 Å². The molecule has 6 heteroatoms. The van der Waals surface area contributed by atoms with Gasteiger partial charge in [0.1, 0.15) is 5.82 Å². The Morgan fingerprint density at radius 1 is 1.10 bits per heavy atom. The summed E-state index contributed by atoms with van der Waals surface area (Å²) in [6.07, 6.45) is 0.243. The third kappa shape index (κ3) is 3.12. The first-order chi connectivity index (χ1) is 14.1. The molecule has 2 atom stereocenters. The van der Waals surface area contributed by atoms with Gasteiger partial charge >= 0.3 is 0 Å². The molecule has 2 aliphatic heterocycles. The molecule has 0 saturated heterocycles. The molecule has 0 radical (unpaired) electrons. The Hall–Kier alpha value is -3.05. The summed E-state index contributed by atoms with van der Waals surface area (Å²) in [5, 5.41) is 7.47. The van der Waals surface area contributed by atoms with E-state index in [9.17, 15) is 4.39 Å². The molecule has 0 aromatic heterocycles. The van der Waals surface area contributed by atoms with Gasteiger partial charge in [-0.05, 0) is 35.9 Å². The van der Waals surface area contributed by atoms with Crippen molar-refractivity contribution in [2.75, 3.05) is 7.11 Å². The molecule has 0 amide bonds. The Bertz CT molecular complexity index is 1100. The molecule has 0 spiro atoms. The SMILES string of the molecule is COc1cccc2c1O[C@@H](c1cccc(Cl)c1)N1N=C(c3ccc(F)cc3)C[C@@H]21. The first-order valence-electron chi connectivity index (χ1n) is 9.35. The number of para-hydroxylation sites is 1. The molecule has 4 nitrogen and oxygen atoms in total. The van der Waals surface area contributed by atoms with Crippen LogP contribution in [0.3, 0.4) is 0 Å². The average Bonchev–Trinajstić information content (AvgIpc) is 3.19. The summed E-state index contributed by atoms with van der Waals surface area (Å²) in [7, 11) is 1.63. The third-order valence-electron chi connectivity index (χ3n) is 5.31. The summed E-state index contributed by atoms with van der Waals surface area (Å²) in [4.78, 5) is 0. The number of hydrogen-bond acceptors (Lipinski definition) is 4. The van der Waals surface area contributed by atoms with Crippen LogP contribution in [0.5, 0.6) is 11.5 Å². The van der Waals surface area contributed by atoms with Crippen LogP contribution in [0.25, 0.3) is 0 Å². The van der Waals surface area contributed by atoms with Crippen LogP contribution in [0.1, 0.15) is 35.4 Å². The van der Waals surface area contributed by atoms with Gasteiger partial charge in [0, 0.05) is 22.6 Å². The maximum atomic E-state index is 13.4. The van der Waals surface area contributed by atoms with E-state index in [0.29, 0.717) is 17.2 Å². The monoisotopic (exact) mass is 408 g/mol. The van der Waals surface area contributed by atoms with E-state index in [1.54, 1.807) is 19.2 Å². The Kier molecular flexibility index (Phi) is 4.40. The van der Waals surface area contributed by atoms with Gasteiger partial charge in [0.2, 0.25) is 6.23 Å². The van der Waals surface area contributed by atoms with Crippen molar-refractivity contribution in [2.45, 2.75) is 18.7 Å². The Morgan fingerprint density at radius 2 is 1.90 bits per heavy atom. The van der Waals surface area contributed by atoms with Crippen molar-refractivity contribution >= 4 is 17.3 Å². The highest BCUT2D eigenvalue weighted by molar-refractivity contribution is 6.30. The van der Waals surface area contributed by atoms with Crippen LogP contribution in [0.15, 0.2) is 71.8 Å². The number of methoxy groups -OCH3 is 1. The van der Waals surface area contributed by atoms with E-state index in [0.717, 1.165) is 28.2 Å². The molecule has 29 heavy (non-hydrogen) atoms. The lowest BCUT2D eigenvalue weighted by Gasteiger charge is -2.38. The molecule has 146 valence electrons. The Balaban J connectivity index is 1.62. The summed E-state index contributed by atoms with van der Waals surface area (Å²) >= 11 is 6.24. The number of nitrogens with zero attached hydrogens (tertiary/aromatic N) is 2. The molecular formula is C23H18ClFN2O2. The molecule has 0 unspecified atom stereocenters. The summed E-state index contributed by atoms with van der Waals surface area (Å²) in [6.45, 7) is 0. The number of rotatable bonds is 3. The fraction of sp³-hybridized carbons (Fsp3) is 0.174. The third-order valence-corrected chi connectivity index (χ3v) is 5.55. The highest BCUT2D eigenvalue weighted by atomic mass is 35.5. The minimum absolute atomic E-state index is 0.0158. The summed E-state index contributed by atoms with van der Waals surface area (Å²) in [5.41, 5.74) is 3.71. The maximum Gasteiger partial charge on any atom is 0.214 e. The lowest BCUT2D eigenvalue weighted by Crippen LogP contribution is -2.33. The van der Waals surface area contributed by atoms with Crippen LogP contribution in [-0.2, 0) is 0 Å². The van der Waals surface area contributed by atoms with Crippen molar-refractivity contribution in [1.82, 2.24) is 5.01 Å². The predicted molar refractivity (Wildman–Crippen MR) is 110 cm³/mol. The van der Waals surface area contributed by atoms with Crippen LogP contribution in [0.4, 0.5) is 4.39 Å². The van der Waals surface area contributed by atoms with Crippen LogP contribution in [0, 0.1) is 5.82 Å². The molecule has 0 aliphatic carbocycles. The van der Waals surface area contributed by atoms with E-state index in [1.807, 2.05) is 47.5 Å². The first kappa shape index (κ1) is 18.0. The van der Waals surface area contributed by atoms with Crippen LogP contribution in [0.2, 0.25) is 5.02 Å². The highest BCUT2D eigenvalue weighted by Gasteiger charge is 2.42. The fourth-order valence-electron chi connectivity index (χ4n) is 3.94. The molecule has 5 rings (SSSR count). The van der Waals surface area contributed by atoms with Gasteiger partial charge in [0.05, 0.1) is 18.9 Å². The number of halogens is 2. The average molecular weight is 409 g/mol. The van der Waals surface area contributed by atoms with Gasteiger partial charge in [-0.3, -0.25) is 0 Å². The summed E-state index contributed by atoms with van der Waals surface area (Å²) in [5.74, 6) is 1.14. The van der Waals surface area contributed by atoms with Crippen LogP contribution < -0.4 is 9.47 Å². The second kappa shape index (κ2) is 7.08. The largest absolute Gasteiger partial charge is 0.493 e. The molecule has 0 N–H and O–H groups in total. The lowest BCUT2D eigenvalue weighted by molar-refractivity contribution is -0.0208.